The molecule has 2 aromatic rings. The van der Waals surface area contributed by atoms with Crippen LogP contribution >= 0.6 is 15.9 Å². The molecular formula is C12H16BrN5O2. The van der Waals surface area contributed by atoms with Crippen molar-refractivity contribution in [2.24, 2.45) is 7.05 Å². The van der Waals surface area contributed by atoms with E-state index >= 15 is 0 Å². The maximum atomic E-state index is 12.3. The molecule has 0 aliphatic carbocycles. The van der Waals surface area contributed by atoms with Crippen molar-refractivity contribution in [2.75, 3.05) is 14.2 Å². The second kappa shape index (κ2) is 6.19. The van der Waals surface area contributed by atoms with E-state index in [-0.39, 0.29) is 5.91 Å². The molecule has 0 bridgehead atoms. The first kappa shape index (κ1) is 14.7. The lowest BCUT2D eigenvalue weighted by atomic mass is 10.3. The minimum absolute atomic E-state index is 0.145. The molecule has 7 nitrogen and oxygen atoms in total. The molecule has 0 unspecified atom stereocenters. The smallest absolute Gasteiger partial charge is 0.274 e. The van der Waals surface area contributed by atoms with Crippen LogP contribution < -0.4 is 0 Å². The lowest BCUT2D eigenvalue weighted by Gasteiger charge is -2.16. The number of ether oxygens (including phenoxy) is 1. The highest BCUT2D eigenvalue weighted by Gasteiger charge is 2.17. The monoisotopic (exact) mass is 341 g/mol. The second-order valence-corrected chi connectivity index (χ2v) is 5.24. The number of nitrogens with zero attached hydrogens (tertiary/aromatic N) is 5. The summed E-state index contributed by atoms with van der Waals surface area (Å²) in [6.45, 7) is 0.775. The van der Waals surface area contributed by atoms with E-state index in [2.05, 4.69) is 26.1 Å². The Morgan fingerprint density at radius 2 is 2.30 bits per heavy atom. The van der Waals surface area contributed by atoms with Crippen LogP contribution in [-0.2, 0) is 25.1 Å². The maximum absolute atomic E-state index is 12.3. The van der Waals surface area contributed by atoms with Gasteiger partial charge in [0.25, 0.3) is 5.91 Å². The summed E-state index contributed by atoms with van der Waals surface area (Å²) in [6, 6.07) is 1.68. The van der Waals surface area contributed by atoms with Crippen LogP contribution in [0, 0.1) is 0 Å². The van der Waals surface area contributed by atoms with Crippen molar-refractivity contribution in [3.8, 4) is 0 Å². The van der Waals surface area contributed by atoms with E-state index in [4.69, 9.17) is 4.74 Å². The van der Waals surface area contributed by atoms with Gasteiger partial charge >= 0.3 is 0 Å². The number of hydrogen-bond donors (Lipinski definition) is 0. The molecule has 0 atom stereocenters. The third kappa shape index (κ3) is 3.07. The Labute approximate surface area is 125 Å². The summed E-state index contributed by atoms with van der Waals surface area (Å²) in [5.74, 6) is -0.145. The predicted octanol–water partition coefficient (Wildman–Crippen LogP) is 1.26. The number of amides is 1. The SMILES string of the molecule is COCn1ccc(C(=O)N(C)Cc2c(Br)cnn2C)n1. The highest BCUT2D eigenvalue weighted by molar-refractivity contribution is 9.10. The normalized spacial score (nSPS) is 10.8. The Morgan fingerprint density at radius 3 is 2.90 bits per heavy atom. The van der Waals surface area contributed by atoms with Gasteiger partial charge in [-0.05, 0) is 22.0 Å². The number of rotatable bonds is 5. The van der Waals surface area contributed by atoms with Crippen molar-refractivity contribution in [2.45, 2.75) is 13.3 Å². The number of carbonyl (C=O) groups excluding carboxylic acids is 1. The van der Waals surface area contributed by atoms with Crippen LogP contribution in [0.3, 0.4) is 0 Å². The van der Waals surface area contributed by atoms with Crippen LogP contribution in [0.25, 0.3) is 0 Å². The van der Waals surface area contributed by atoms with Gasteiger partial charge in [0.05, 0.1) is 22.9 Å². The first-order valence-corrected chi connectivity index (χ1v) is 6.76. The van der Waals surface area contributed by atoms with Crippen molar-refractivity contribution in [1.29, 1.82) is 0 Å². The van der Waals surface area contributed by atoms with E-state index in [1.54, 1.807) is 46.9 Å². The molecule has 20 heavy (non-hydrogen) atoms. The molecular weight excluding hydrogens is 326 g/mol. The van der Waals surface area contributed by atoms with Gasteiger partial charge in [-0.3, -0.25) is 9.48 Å². The summed E-state index contributed by atoms with van der Waals surface area (Å²) < 4.78 is 9.14. The molecule has 0 spiro atoms. The van der Waals surface area contributed by atoms with E-state index < -0.39 is 0 Å². The minimum Gasteiger partial charge on any atom is -0.362 e. The molecule has 0 saturated heterocycles. The van der Waals surface area contributed by atoms with Crippen molar-refractivity contribution < 1.29 is 9.53 Å². The molecule has 0 N–H and O–H groups in total. The van der Waals surface area contributed by atoms with E-state index in [1.807, 2.05) is 7.05 Å². The van der Waals surface area contributed by atoms with Crippen LogP contribution in [0.4, 0.5) is 0 Å². The van der Waals surface area contributed by atoms with Crippen molar-refractivity contribution >= 4 is 21.8 Å². The van der Waals surface area contributed by atoms with Crippen LogP contribution in [-0.4, -0.2) is 44.5 Å². The highest BCUT2D eigenvalue weighted by atomic mass is 79.9. The standard InChI is InChI=1S/C12H16BrN5O2/c1-16(7-11-9(13)6-14-17(11)2)12(19)10-4-5-18(15-10)8-20-3/h4-6H,7-8H2,1-3H3. The van der Waals surface area contributed by atoms with Gasteiger partial charge in [0.2, 0.25) is 0 Å². The average molecular weight is 342 g/mol. The molecule has 108 valence electrons. The van der Waals surface area contributed by atoms with Gasteiger partial charge in [0.15, 0.2) is 0 Å². The molecule has 1 amide bonds. The summed E-state index contributed by atoms with van der Waals surface area (Å²) in [4.78, 5) is 13.9. The number of methoxy groups -OCH3 is 1. The molecule has 2 heterocycles. The molecule has 0 saturated carbocycles. The Morgan fingerprint density at radius 1 is 1.55 bits per heavy atom. The average Bonchev–Trinajstić information content (AvgIpc) is 3.00. The van der Waals surface area contributed by atoms with E-state index in [0.29, 0.717) is 19.0 Å². The molecule has 2 rings (SSSR count). The van der Waals surface area contributed by atoms with Crippen LogP contribution in [0.5, 0.6) is 0 Å². The van der Waals surface area contributed by atoms with Crippen LogP contribution in [0.1, 0.15) is 16.2 Å². The van der Waals surface area contributed by atoms with Crippen molar-refractivity contribution in [1.82, 2.24) is 24.5 Å². The fourth-order valence-electron chi connectivity index (χ4n) is 1.79. The van der Waals surface area contributed by atoms with E-state index in [1.165, 1.54) is 0 Å². The largest absolute Gasteiger partial charge is 0.362 e. The maximum Gasteiger partial charge on any atom is 0.274 e. The first-order chi connectivity index (χ1) is 9.52. The number of aromatic nitrogens is 4. The van der Waals surface area contributed by atoms with E-state index in [9.17, 15) is 4.79 Å². The summed E-state index contributed by atoms with van der Waals surface area (Å²) in [6.07, 6.45) is 3.42. The molecule has 2 aromatic heterocycles. The Hall–Kier alpha value is -1.67. The number of carbonyl (C=O) groups is 1. The summed E-state index contributed by atoms with van der Waals surface area (Å²) in [5.41, 5.74) is 1.32. The number of aryl methyl sites for hydroxylation is 1. The van der Waals surface area contributed by atoms with Gasteiger partial charge in [0, 0.05) is 27.4 Å². The summed E-state index contributed by atoms with van der Waals surface area (Å²) in [5, 5.41) is 8.29. The highest BCUT2D eigenvalue weighted by Crippen LogP contribution is 2.17. The summed E-state index contributed by atoms with van der Waals surface area (Å²) >= 11 is 3.42. The molecule has 0 aliphatic rings. The molecule has 0 aromatic carbocycles. The zero-order chi connectivity index (χ0) is 14.7. The number of hydrogen-bond acceptors (Lipinski definition) is 4. The molecule has 0 aliphatic heterocycles. The van der Waals surface area contributed by atoms with Gasteiger partial charge in [0.1, 0.15) is 12.4 Å². The first-order valence-electron chi connectivity index (χ1n) is 5.97. The van der Waals surface area contributed by atoms with Gasteiger partial charge < -0.3 is 9.64 Å². The van der Waals surface area contributed by atoms with Gasteiger partial charge in [-0.1, -0.05) is 0 Å². The molecule has 0 fully saturated rings. The fourth-order valence-corrected chi connectivity index (χ4v) is 2.26. The van der Waals surface area contributed by atoms with Crippen molar-refractivity contribution in [3.63, 3.8) is 0 Å². The zero-order valence-corrected chi connectivity index (χ0v) is 13.2. The topological polar surface area (TPSA) is 65.2 Å². The number of halogens is 1. The molecule has 0 radical (unpaired) electrons. The third-order valence-corrected chi connectivity index (χ3v) is 3.53. The lowest BCUT2D eigenvalue weighted by Crippen LogP contribution is -2.28. The lowest BCUT2D eigenvalue weighted by molar-refractivity contribution is 0.0770. The van der Waals surface area contributed by atoms with Gasteiger partial charge in [-0.25, -0.2) is 4.68 Å². The third-order valence-electron chi connectivity index (χ3n) is 2.87. The van der Waals surface area contributed by atoms with Crippen LogP contribution in [0.2, 0.25) is 0 Å². The van der Waals surface area contributed by atoms with Crippen LogP contribution in [0.15, 0.2) is 22.9 Å². The Kier molecular flexibility index (Phi) is 4.56. The molecule has 8 heteroatoms. The minimum atomic E-state index is -0.145. The summed E-state index contributed by atoms with van der Waals surface area (Å²) in [7, 11) is 5.15. The zero-order valence-electron chi connectivity index (χ0n) is 11.6. The second-order valence-electron chi connectivity index (χ2n) is 4.38. The predicted molar refractivity (Wildman–Crippen MR) is 75.9 cm³/mol. The quantitative estimate of drug-likeness (QED) is 0.821. The van der Waals surface area contributed by atoms with Gasteiger partial charge in [-0.2, -0.15) is 10.2 Å². The van der Waals surface area contributed by atoms with Crippen molar-refractivity contribution in [3.05, 3.63) is 34.3 Å². The Balaban J connectivity index is 2.08. The fraction of sp³-hybridized carbons (Fsp3) is 0.417. The van der Waals surface area contributed by atoms with Gasteiger partial charge in [-0.15, -0.1) is 0 Å². The Bertz CT molecular complexity index is 587. The van der Waals surface area contributed by atoms with E-state index in [0.717, 1.165) is 10.2 Å².